The van der Waals surface area contributed by atoms with Crippen LogP contribution >= 0.6 is 0 Å². The first-order valence-corrected chi connectivity index (χ1v) is 5.92. The summed E-state index contributed by atoms with van der Waals surface area (Å²) >= 11 is 0. The molecule has 1 N–H and O–H groups in total. The predicted octanol–water partition coefficient (Wildman–Crippen LogP) is 2.14. The molecule has 0 saturated heterocycles. The lowest BCUT2D eigenvalue weighted by molar-refractivity contribution is 0.150. The summed E-state index contributed by atoms with van der Waals surface area (Å²) in [5.74, 6) is 0. The van der Waals surface area contributed by atoms with Gasteiger partial charge >= 0.3 is 0 Å². The Bertz CT molecular complexity index is 344. The van der Waals surface area contributed by atoms with E-state index in [-0.39, 0.29) is 5.41 Å². The van der Waals surface area contributed by atoms with E-state index in [1.165, 1.54) is 5.56 Å². The normalized spacial score (nSPS) is 11.7. The van der Waals surface area contributed by atoms with Gasteiger partial charge < -0.3 is 10.1 Å². The number of ether oxygens (including phenoxy) is 1. The van der Waals surface area contributed by atoms with Crippen LogP contribution in [0.3, 0.4) is 0 Å². The molecule has 0 aliphatic rings. The van der Waals surface area contributed by atoms with Crippen LogP contribution in [0.1, 0.15) is 25.8 Å². The monoisotopic (exact) mass is 237 g/mol. The number of nitrogens with one attached hydrogen (secondary N) is 1. The van der Waals surface area contributed by atoms with Crippen LogP contribution in [0.25, 0.3) is 6.20 Å². The summed E-state index contributed by atoms with van der Waals surface area (Å²) < 4.78 is 6.82. The van der Waals surface area contributed by atoms with Crippen LogP contribution in [0.4, 0.5) is 0 Å². The van der Waals surface area contributed by atoms with Crippen molar-refractivity contribution in [3.8, 4) is 0 Å². The van der Waals surface area contributed by atoms with Gasteiger partial charge in [0.05, 0.1) is 6.20 Å². The molecule has 0 aliphatic carbocycles. The molecular formula is C13H23N3O. The smallest absolute Gasteiger partial charge is 0.0538 e. The van der Waals surface area contributed by atoms with Crippen LogP contribution in [-0.4, -0.2) is 30.0 Å². The zero-order valence-electron chi connectivity index (χ0n) is 11.1. The van der Waals surface area contributed by atoms with Crippen LogP contribution in [0.2, 0.25) is 0 Å². The molecule has 0 atom stereocenters. The van der Waals surface area contributed by atoms with Crippen LogP contribution in [0.5, 0.6) is 0 Å². The van der Waals surface area contributed by atoms with Crippen molar-refractivity contribution in [3.63, 3.8) is 0 Å². The van der Waals surface area contributed by atoms with E-state index in [0.717, 1.165) is 26.1 Å². The number of hydrogen-bond acceptors (Lipinski definition) is 3. The van der Waals surface area contributed by atoms with Crippen molar-refractivity contribution < 1.29 is 4.74 Å². The van der Waals surface area contributed by atoms with E-state index in [4.69, 9.17) is 4.74 Å². The fourth-order valence-corrected chi connectivity index (χ4v) is 1.58. The molecule has 4 nitrogen and oxygen atoms in total. The molecule has 0 unspecified atom stereocenters. The Labute approximate surface area is 104 Å². The van der Waals surface area contributed by atoms with Gasteiger partial charge in [-0.05, 0) is 11.8 Å². The van der Waals surface area contributed by atoms with Gasteiger partial charge in [-0.15, -0.1) is 0 Å². The molecule has 96 valence electrons. The van der Waals surface area contributed by atoms with E-state index >= 15 is 0 Å². The minimum Gasteiger partial charge on any atom is -0.385 e. The summed E-state index contributed by atoms with van der Waals surface area (Å²) in [5, 5.41) is 7.58. The van der Waals surface area contributed by atoms with Gasteiger partial charge in [0.2, 0.25) is 0 Å². The number of nitrogens with zero attached hydrogens (tertiary/aromatic N) is 2. The van der Waals surface area contributed by atoms with Crippen LogP contribution < -0.4 is 5.32 Å². The number of methoxy groups -OCH3 is 1. The van der Waals surface area contributed by atoms with Gasteiger partial charge in [0, 0.05) is 44.8 Å². The molecule has 0 saturated carbocycles. The van der Waals surface area contributed by atoms with Gasteiger partial charge in [-0.25, -0.2) is 4.68 Å². The first kappa shape index (κ1) is 13.9. The standard InChI is InChI=1S/C13H23N3O/c1-5-16-10-12(9-15-16)8-14-11-13(2,3)6-7-17-4/h5,9-10,14H,1,6-8,11H2,2-4H3. The average molecular weight is 237 g/mol. The fourth-order valence-electron chi connectivity index (χ4n) is 1.58. The molecule has 1 aromatic heterocycles. The van der Waals surface area contributed by atoms with E-state index in [0.29, 0.717) is 0 Å². The third kappa shape index (κ3) is 5.15. The maximum absolute atomic E-state index is 5.11. The quantitative estimate of drug-likeness (QED) is 0.753. The molecule has 0 spiro atoms. The zero-order chi connectivity index (χ0) is 12.7. The lowest BCUT2D eigenvalue weighted by atomic mass is 9.90. The SMILES string of the molecule is C=Cn1cc(CNCC(C)(C)CCOC)cn1. The summed E-state index contributed by atoms with van der Waals surface area (Å²) in [5.41, 5.74) is 1.43. The molecule has 1 heterocycles. The van der Waals surface area contributed by atoms with Crippen LogP contribution in [0, 0.1) is 5.41 Å². The Morgan fingerprint density at radius 3 is 2.94 bits per heavy atom. The van der Waals surface area contributed by atoms with Gasteiger partial charge in [-0.1, -0.05) is 20.4 Å². The van der Waals surface area contributed by atoms with E-state index in [9.17, 15) is 0 Å². The van der Waals surface area contributed by atoms with Crippen molar-refractivity contribution in [2.24, 2.45) is 5.41 Å². The molecule has 1 aromatic rings. The average Bonchev–Trinajstić information content (AvgIpc) is 2.74. The van der Waals surface area contributed by atoms with Gasteiger partial charge in [0.15, 0.2) is 0 Å². The van der Waals surface area contributed by atoms with E-state index in [2.05, 4.69) is 30.8 Å². The predicted molar refractivity (Wildman–Crippen MR) is 70.6 cm³/mol. The zero-order valence-corrected chi connectivity index (χ0v) is 11.1. The second kappa shape index (κ2) is 6.57. The molecule has 0 fully saturated rings. The Kier molecular flexibility index (Phi) is 5.38. The summed E-state index contributed by atoms with van der Waals surface area (Å²) in [4.78, 5) is 0. The van der Waals surface area contributed by atoms with Gasteiger partial charge in [0.1, 0.15) is 0 Å². The molecule has 0 radical (unpaired) electrons. The lowest BCUT2D eigenvalue weighted by Crippen LogP contribution is -2.30. The first-order chi connectivity index (χ1) is 8.07. The molecule has 0 amide bonds. The largest absolute Gasteiger partial charge is 0.385 e. The number of hydrogen-bond donors (Lipinski definition) is 1. The second-order valence-electron chi connectivity index (χ2n) is 5.02. The fraction of sp³-hybridized carbons (Fsp3) is 0.615. The molecule has 0 aromatic carbocycles. The van der Waals surface area contributed by atoms with Gasteiger partial charge in [-0.2, -0.15) is 5.10 Å². The first-order valence-electron chi connectivity index (χ1n) is 5.92. The van der Waals surface area contributed by atoms with Crippen molar-refractivity contribution in [3.05, 3.63) is 24.5 Å². The summed E-state index contributed by atoms with van der Waals surface area (Å²) in [6, 6.07) is 0. The lowest BCUT2D eigenvalue weighted by Gasteiger charge is -2.24. The maximum atomic E-state index is 5.11. The highest BCUT2D eigenvalue weighted by Gasteiger charge is 2.16. The highest BCUT2D eigenvalue weighted by atomic mass is 16.5. The Hall–Kier alpha value is -1.13. The van der Waals surface area contributed by atoms with Gasteiger partial charge in [-0.3, -0.25) is 0 Å². The van der Waals surface area contributed by atoms with Crippen molar-refractivity contribution in [1.82, 2.24) is 15.1 Å². The van der Waals surface area contributed by atoms with Crippen molar-refractivity contribution in [1.29, 1.82) is 0 Å². The van der Waals surface area contributed by atoms with Crippen molar-refractivity contribution in [2.75, 3.05) is 20.3 Å². The van der Waals surface area contributed by atoms with Crippen molar-refractivity contribution >= 4 is 6.20 Å². The number of aromatic nitrogens is 2. The third-order valence-electron chi connectivity index (χ3n) is 2.76. The highest BCUT2D eigenvalue weighted by molar-refractivity contribution is 5.17. The van der Waals surface area contributed by atoms with Crippen molar-refractivity contribution in [2.45, 2.75) is 26.8 Å². The van der Waals surface area contributed by atoms with E-state index < -0.39 is 0 Å². The van der Waals surface area contributed by atoms with E-state index in [1.54, 1.807) is 18.0 Å². The maximum Gasteiger partial charge on any atom is 0.0538 e. The van der Waals surface area contributed by atoms with Gasteiger partial charge in [0.25, 0.3) is 0 Å². The summed E-state index contributed by atoms with van der Waals surface area (Å²) in [6.45, 7) is 10.8. The van der Waals surface area contributed by atoms with E-state index in [1.807, 2.05) is 12.4 Å². The van der Waals surface area contributed by atoms with Crippen LogP contribution in [0.15, 0.2) is 19.0 Å². The highest BCUT2D eigenvalue weighted by Crippen LogP contribution is 2.18. The Balaban J connectivity index is 2.29. The number of rotatable bonds is 8. The minimum absolute atomic E-state index is 0.254. The summed E-state index contributed by atoms with van der Waals surface area (Å²) in [7, 11) is 1.74. The molecular weight excluding hydrogens is 214 g/mol. The second-order valence-corrected chi connectivity index (χ2v) is 5.02. The molecule has 0 aliphatic heterocycles. The van der Waals surface area contributed by atoms with Crippen LogP contribution in [-0.2, 0) is 11.3 Å². The molecule has 1 rings (SSSR count). The summed E-state index contributed by atoms with van der Waals surface area (Å²) in [6.07, 6.45) is 6.58. The Morgan fingerprint density at radius 1 is 1.59 bits per heavy atom. The molecule has 4 heteroatoms. The minimum atomic E-state index is 0.254. The Morgan fingerprint density at radius 2 is 2.35 bits per heavy atom. The third-order valence-corrected chi connectivity index (χ3v) is 2.76. The topological polar surface area (TPSA) is 39.1 Å². The molecule has 0 bridgehead atoms. The molecule has 17 heavy (non-hydrogen) atoms.